The van der Waals surface area contributed by atoms with Gasteiger partial charge in [0, 0.05) is 28.9 Å². The summed E-state index contributed by atoms with van der Waals surface area (Å²) in [4.78, 5) is 0. The fraction of sp³-hybridized carbons (Fsp3) is 0.481. The van der Waals surface area contributed by atoms with Gasteiger partial charge in [0.05, 0.1) is 5.69 Å². The Bertz CT molecular complexity index is 1120. The maximum Gasteiger partial charge on any atom is 0.0533 e. The van der Waals surface area contributed by atoms with E-state index in [9.17, 15) is 0 Å². The second-order valence-corrected chi connectivity index (χ2v) is 11.5. The average Bonchev–Trinajstić information content (AvgIpc) is 3.06. The molecule has 1 spiro atoms. The molecule has 2 aliphatic rings. The lowest BCUT2D eigenvalue weighted by molar-refractivity contribution is -0.0849. The summed E-state index contributed by atoms with van der Waals surface area (Å²) in [6.45, 7) is 16.9. The number of nitrogens with zero attached hydrogens (tertiary/aromatic N) is 1. The number of benzene rings is 2. The van der Waals surface area contributed by atoms with Crippen molar-refractivity contribution in [3.05, 3.63) is 59.2 Å². The molecule has 0 amide bonds. The van der Waals surface area contributed by atoms with Crippen LogP contribution in [-0.2, 0) is 17.9 Å². The van der Waals surface area contributed by atoms with Gasteiger partial charge in [-0.05, 0) is 51.5 Å². The van der Waals surface area contributed by atoms with E-state index in [0.29, 0.717) is 0 Å². The number of fused-ring (bicyclic) bond motifs is 7. The van der Waals surface area contributed by atoms with Crippen LogP contribution >= 0.6 is 0 Å². The number of aromatic nitrogens is 1. The molecular formula is C27H33N. The summed E-state index contributed by atoms with van der Waals surface area (Å²) in [5.41, 5.74) is 9.50. The van der Waals surface area contributed by atoms with E-state index in [1.807, 2.05) is 0 Å². The third-order valence-corrected chi connectivity index (χ3v) is 7.94. The molecule has 1 fully saturated rings. The average molecular weight is 372 g/mol. The van der Waals surface area contributed by atoms with Crippen molar-refractivity contribution < 1.29 is 0 Å². The fourth-order valence-corrected chi connectivity index (χ4v) is 7.34. The Morgan fingerprint density at radius 3 is 2.14 bits per heavy atom. The molecule has 2 aliphatic carbocycles. The molecular weight excluding hydrogens is 338 g/mol. The van der Waals surface area contributed by atoms with E-state index in [0.717, 1.165) is 0 Å². The Hall–Kier alpha value is -2.02. The van der Waals surface area contributed by atoms with Crippen LogP contribution in [0.2, 0.25) is 0 Å². The Kier molecular flexibility index (Phi) is 3.18. The molecule has 0 radical (unpaired) electrons. The molecule has 1 nitrogen and oxygen atoms in total. The van der Waals surface area contributed by atoms with Crippen LogP contribution in [-0.4, -0.2) is 4.57 Å². The first-order valence-electron chi connectivity index (χ1n) is 10.7. The van der Waals surface area contributed by atoms with Crippen LogP contribution in [0.4, 0.5) is 0 Å². The van der Waals surface area contributed by atoms with Crippen molar-refractivity contribution in [2.75, 3.05) is 0 Å². The Morgan fingerprint density at radius 1 is 0.893 bits per heavy atom. The third-order valence-electron chi connectivity index (χ3n) is 7.94. The minimum Gasteiger partial charge on any atom is -0.343 e. The topological polar surface area (TPSA) is 4.93 Å². The second-order valence-electron chi connectivity index (χ2n) is 11.5. The Balaban J connectivity index is 1.98. The fourth-order valence-electron chi connectivity index (χ4n) is 7.34. The first kappa shape index (κ1) is 18.0. The third kappa shape index (κ3) is 1.80. The quantitative estimate of drug-likeness (QED) is 0.394. The van der Waals surface area contributed by atoms with Gasteiger partial charge in [-0.15, -0.1) is 0 Å². The van der Waals surface area contributed by atoms with Gasteiger partial charge in [0.15, 0.2) is 0 Å². The first-order valence-corrected chi connectivity index (χ1v) is 10.7. The lowest BCUT2D eigenvalue weighted by Crippen LogP contribution is -2.63. The monoisotopic (exact) mass is 371 g/mol. The summed E-state index contributed by atoms with van der Waals surface area (Å²) in [6, 6.07) is 16.4. The lowest BCUT2D eigenvalue weighted by Gasteiger charge is -2.67. The zero-order valence-corrected chi connectivity index (χ0v) is 18.7. The Labute approximate surface area is 169 Å². The molecule has 0 atom stereocenters. The summed E-state index contributed by atoms with van der Waals surface area (Å²) in [7, 11) is 2.26. The summed E-state index contributed by atoms with van der Waals surface area (Å²) < 4.78 is 2.45. The Morgan fingerprint density at radius 2 is 1.54 bits per heavy atom. The summed E-state index contributed by atoms with van der Waals surface area (Å²) in [6.07, 6.45) is 1.25. The molecule has 1 aromatic heterocycles. The molecule has 0 unspecified atom stereocenters. The highest BCUT2D eigenvalue weighted by atomic mass is 15.0. The molecule has 2 aromatic carbocycles. The van der Waals surface area contributed by atoms with Crippen LogP contribution in [0.3, 0.4) is 0 Å². The minimum atomic E-state index is 0.0714. The zero-order valence-electron chi connectivity index (χ0n) is 18.7. The number of hydrogen-bond donors (Lipinski definition) is 0. The highest BCUT2D eigenvalue weighted by molar-refractivity contribution is 5.99. The molecule has 1 saturated carbocycles. The molecule has 5 rings (SSSR count). The van der Waals surface area contributed by atoms with E-state index in [-0.39, 0.29) is 21.7 Å². The van der Waals surface area contributed by atoms with Gasteiger partial charge in [-0.3, -0.25) is 0 Å². The van der Waals surface area contributed by atoms with Gasteiger partial charge in [0.2, 0.25) is 0 Å². The number of hydrogen-bond acceptors (Lipinski definition) is 0. The minimum absolute atomic E-state index is 0.0714. The molecule has 0 aliphatic heterocycles. The molecule has 0 saturated heterocycles. The van der Waals surface area contributed by atoms with E-state index in [1.165, 1.54) is 34.1 Å². The normalized spacial score (nSPS) is 20.9. The predicted octanol–water partition coefficient (Wildman–Crippen LogP) is 7.20. The summed E-state index contributed by atoms with van der Waals surface area (Å²) in [5.74, 6) is 0. The van der Waals surface area contributed by atoms with Gasteiger partial charge in [0.25, 0.3) is 0 Å². The number of rotatable bonds is 0. The van der Waals surface area contributed by atoms with Crippen molar-refractivity contribution in [3.8, 4) is 11.3 Å². The van der Waals surface area contributed by atoms with Crippen LogP contribution < -0.4 is 0 Å². The van der Waals surface area contributed by atoms with Crippen LogP contribution in [0.5, 0.6) is 0 Å². The van der Waals surface area contributed by atoms with Gasteiger partial charge < -0.3 is 4.57 Å². The molecule has 1 heterocycles. The van der Waals surface area contributed by atoms with Gasteiger partial charge in [-0.2, -0.15) is 0 Å². The lowest BCUT2D eigenvalue weighted by atomic mass is 9.35. The van der Waals surface area contributed by atoms with Crippen molar-refractivity contribution in [3.63, 3.8) is 0 Å². The molecule has 3 aromatic rings. The van der Waals surface area contributed by atoms with E-state index in [2.05, 4.69) is 103 Å². The molecule has 1 heteroatoms. The van der Waals surface area contributed by atoms with E-state index < -0.39 is 0 Å². The van der Waals surface area contributed by atoms with Crippen LogP contribution in [0.15, 0.2) is 42.5 Å². The maximum atomic E-state index is 2.49. The van der Waals surface area contributed by atoms with Crippen LogP contribution in [0.1, 0.15) is 71.6 Å². The van der Waals surface area contributed by atoms with E-state index >= 15 is 0 Å². The maximum absolute atomic E-state index is 2.49. The largest absolute Gasteiger partial charge is 0.343 e. The highest BCUT2D eigenvalue weighted by Gasteiger charge is 2.70. The van der Waals surface area contributed by atoms with Crippen LogP contribution in [0, 0.1) is 10.8 Å². The van der Waals surface area contributed by atoms with E-state index in [1.54, 1.807) is 11.1 Å². The molecule has 28 heavy (non-hydrogen) atoms. The first-order chi connectivity index (χ1) is 12.9. The van der Waals surface area contributed by atoms with Gasteiger partial charge in [0.1, 0.15) is 0 Å². The highest BCUT2D eigenvalue weighted by Crippen LogP contribution is 2.76. The molecule has 146 valence electrons. The van der Waals surface area contributed by atoms with Gasteiger partial charge in [-0.25, -0.2) is 0 Å². The van der Waals surface area contributed by atoms with Crippen molar-refractivity contribution >= 4 is 10.9 Å². The van der Waals surface area contributed by atoms with E-state index in [4.69, 9.17) is 0 Å². The standard InChI is InChI=1S/C27H33N/c1-24(2,3)17-13-14-21-19(15-17)22-23(28(21)8)18-11-9-10-12-20(18)27(22)25(4,5)16-26(27,6)7/h9-15H,16H2,1-8H3. The SMILES string of the molecule is Cn1c2c(c3cc(C(C)(C)C)ccc31)C1(c3ccccc3-2)C(C)(C)CC1(C)C. The van der Waals surface area contributed by atoms with Gasteiger partial charge in [-0.1, -0.05) is 78.8 Å². The van der Waals surface area contributed by atoms with Crippen molar-refractivity contribution in [1.82, 2.24) is 4.57 Å². The molecule has 0 N–H and O–H groups in total. The molecule has 0 bridgehead atoms. The van der Waals surface area contributed by atoms with Crippen LogP contribution in [0.25, 0.3) is 22.2 Å². The number of aryl methyl sites for hydroxylation is 1. The summed E-state index contributed by atoms with van der Waals surface area (Å²) >= 11 is 0. The zero-order chi connectivity index (χ0) is 20.3. The smallest absolute Gasteiger partial charge is 0.0533 e. The van der Waals surface area contributed by atoms with Gasteiger partial charge >= 0.3 is 0 Å². The van der Waals surface area contributed by atoms with Crippen molar-refractivity contribution in [1.29, 1.82) is 0 Å². The summed E-state index contributed by atoms with van der Waals surface area (Å²) in [5, 5.41) is 1.46. The van der Waals surface area contributed by atoms with Crippen molar-refractivity contribution in [2.24, 2.45) is 17.9 Å². The van der Waals surface area contributed by atoms with Crippen molar-refractivity contribution in [2.45, 2.75) is 65.7 Å². The second kappa shape index (κ2) is 4.93. The predicted molar refractivity (Wildman–Crippen MR) is 120 cm³/mol.